The Hall–Kier alpha value is -3.11. The second-order valence-electron chi connectivity index (χ2n) is 7.18. The molecule has 1 saturated heterocycles. The molecule has 0 aliphatic carbocycles. The molecule has 0 bridgehead atoms. The summed E-state index contributed by atoms with van der Waals surface area (Å²) in [4.78, 5) is 28.5. The van der Waals surface area contributed by atoms with Gasteiger partial charge in [-0.25, -0.2) is 13.4 Å². The van der Waals surface area contributed by atoms with Crippen LogP contribution in [0.15, 0.2) is 53.7 Å². The van der Waals surface area contributed by atoms with Gasteiger partial charge in [-0.05, 0) is 38.0 Å². The molecule has 1 aromatic carbocycles. The summed E-state index contributed by atoms with van der Waals surface area (Å²) < 4.78 is 28.8. The number of rotatable bonds is 5. The number of anilines is 1. The number of sulfonamides is 1. The van der Waals surface area contributed by atoms with Crippen LogP contribution < -0.4 is 5.32 Å². The van der Waals surface area contributed by atoms with E-state index in [0.29, 0.717) is 29.9 Å². The first kappa shape index (κ1) is 20.2. The highest BCUT2D eigenvalue weighted by Gasteiger charge is 2.32. The molecule has 0 radical (unpaired) electrons. The fraction of sp³-hybridized carbons (Fsp3) is 0.300. The largest absolute Gasteiger partial charge is 0.310 e. The fourth-order valence-electron chi connectivity index (χ4n) is 3.54. The molecule has 1 aliphatic rings. The molecule has 0 unspecified atom stereocenters. The van der Waals surface area contributed by atoms with Gasteiger partial charge in [0, 0.05) is 36.8 Å². The van der Waals surface area contributed by atoms with Crippen molar-refractivity contribution in [3.8, 4) is 0 Å². The Morgan fingerprint density at radius 1 is 1.10 bits per heavy atom. The van der Waals surface area contributed by atoms with E-state index in [2.05, 4.69) is 15.4 Å². The Bertz CT molecular complexity index is 1210. The molecule has 156 valence electrons. The number of carbonyl (C=O) groups is 2. The number of fused-ring (bicyclic) bond motifs is 1. The normalized spacial score (nSPS) is 15.9. The van der Waals surface area contributed by atoms with Crippen LogP contribution in [0, 0.1) is 5.92 Å². The van der Waals surface area contributed by atoms with E-state index in [4.69, 9.17) is 0 Å². The number of piperidine rings is 1. The number of Topliss-reactive ketones (excluding diaryl/α,β-unsaturated/α-hetero) is 1. The Kier molecular flexibility index (Phi) is 5.35. The van der Waals surface area contributed by atoms with Gasteiger partial charge in [0.15, 0.2) is 11.4 Å². The molecule has 0 saturated carbocycles. The topological polar surface area (TPSA) is 114 Å². The quantitative estimate of drug-likeness (QED) is 0.623. The van der Waals surface area contributed by atoms with E-state index < -0.39 is 10.0 Å². The smallest absolute Gasteiger partial charge is 0.243 e. The van der Waals surface area contributed by atoms with Gasteiger partial charge in [-0.3, -0.25) is 9.59 Å². The molecule has 1 aliphatic heterocycles. The lowest BCUT2D eigenvalue weighted by Crippen LogP contribution is -2.41. The second kappa shape index (κ2) is 7.96. The zero-order valence-electron chi connectivity index (χ0n) is 16.4. The van der Waals surface area contributed by atoms with Gasteiger partial charge in [-0.15, -0.1) is 0 Å². The van der Waals surface area contributed by atoms with Gasteiger partial charge in [0.05, 0.1) is 11.1 Å². The number of carbonyl (C=O) groups excluding carboxylic acids is 2. The van der Waals surface area contributed by atoms with Crippen molar-refractivity contribution in [3.05, 3.63) is 54.4 Å². The zero-order chi connectivity index (χ0) is 21.3. The highest BCUT2D eigenvalue weighted by atomic mass is 32.2. The maximum absolute atomic E-state index is 12.9. The molecule has 9 nitrogen and oxygen atoms in total. The first-order valence-corrected chi connectivity index (χ1v) is 11.0. The molecule has 1 amide bonds. The number of ketones is 1. The van der Waals surface area contributed by atoms with Crippen LogP contribution in [0.4, 0.5) is 5.82 Å². The fourth-order valence-corrected chi connectivity index (χ4v) is 5.06. The highest BCUT2D eigenvalue weighted by molar-refractivity contribution is 7.89. The molecular formula is C20H21N5O4S. The van der Waals surface area contributed by atoms with Gasteiger partial charge in [0.25, 0.3) is 0 Å². The summed E-state index contributed by atoms with van der Waals surface area (Å²) in [6, 6.07) is 9.44. The molecule has 2 aromatic heterocycles. The second-order valence-corrected chi connectivity index (χ2v) is 9.12. The zero-order valence-corrected chi connectivity index (χ0v) is 17.2. The average Bonchev–Trinajstić information content (AvgIpc) is 3.24. The van der Waals surface area contributed by atoms with Gasteiger partial charge in [0.2, 0.25) is 15.9 Å². The lowest BCUT2D eigenvalue weighted by Gasteiger charge is -2.30. The predicted molar refractivity (Wildman–Crippen MR) is 110 cm³/mol. The summed E-state index contributed by atoms with van der Waals surface area (Å²) in [5.41, 5.74) is 0.981. The molecule has 3 aromatic rings. The third kappa shape index (κ3) is 3.83. The molecule has 30 heavy (non-hydrogen) atoms. The number of hydrogen-bond acceptors (Lipinski definition) is 6. The maximum atomic E-state index is 12.9. The Balaban J connectivity index is 1.43. The van der Waals surface area contributed by atoms with Gasteiger partial charge in [-0.2, -0.15) is 13.9 Å². The number of hydrogen-bond donors (Lipinski definition) is 1. The third-order valence-electron chi connectivity index (χ3n) is 5.24. The summed E-state index contributed by atoms with van der Waals surface area (Å²) in [5.74, 6) is -0.150. The number of aromatic nitrogens is 3. The van der Waals surface area contributed by atoms with Crippen LogP contribution in [0.3, 0.4) is 0 Å². The van der Waals surface area contributed by atoms with Crippen LogP contribution in [0.2, 0.25) is 0 Å². The summed E-state index contributed by atoms with van der Waals surface area (Å²) in [7, 11) is -3.72. The van der Waals surface area contributed by atoms with Crippen LogP contribution >= 0.6 is 0 Å². The minimum Gasteiger partial charge on any atom is -0.310 e. The lowest BCUT2D eigenvalue weighted by molar-refractivity contribution is -0.120. The van der Waals surface area contributed by atoms with Crippen molar-refractivity contribution >= 4 is 33.2 Å². The van der Waals surface area contributed by atoms with E-state index in [1.807, 2.05) is 0 Å². The third-order valence-corrected chi connectivity index (χ3v) is 7.14. The van der Waals surface area contributed by atoms with Crippen molar-refractivity contribution in [1.29, 1.82) is 0 Å². The van der Waals surface area contributed by atoms with E-state index in [9.17, 15) is 18.0 Å². The van der Waals surface area contributed by atoms with Crippen molar-refractivity contribution < 1.29 is 18.0 Å². The van der Waals surface area contributed by atoms with Crippen molar-refractivity contribution in [2.24, 2.45) is 5.92 Å². The van der Waals surface area contributed by atoms with Gasteiger partial charge in [0.1, 0.15) is 5.82 Å². The van der Waals surface area contributed by atoms with Gasteiger partial charge in [-0.1, -0.05) is 12.1 Å². The van der Waals surface area contributed by atoms with Gasteiger partial charge < -0.3 is 5.32 Å². The van der Waals surface area contributed by atoms with E-state index in [1.165, 1.54) is 23.4 Å². The number of benzene rings is 1. The summed E-state index contributed by atoms with van der Waals surface area (Å²) in [5, 5.41) is 7.00. The van der Waals surface area contributed by atoms with E-state index in [0.717, 1.165) is 0 Å². The van der Waals surface area contributed by atoms with E-state index in [-0.39, 0.29) is 35.6 Å². The van der Waals surface area contributed by atoms with E-state index >= 15 is 0 Å². The maximum Gasteiger partial charge on any atom is 0.243 e. The van der Waals surface area contributed by atoms with Crippen molar-refractivity contribution in [2.45, 2.75) is 24.7 Å². The Labute approximate surface area is 173 Å². The Morgan fingerprint density at radius 3 is 2.60 bits per heavy atom. The molecule has 1 N–H and O–H groups in total. The van der Waals surface area contributed by atoms with Crippen LogP contribution in [0.5, 0.6) is 0 Å². The van der Waals surface area contributed by atoms with E-state index in [1.54, 1.807) is 41.2 Å². The first-order chi connectivity index (χ1) is 14.4. The van der Waals surface area contributed by atoms with Crippen molar-refractivity contribution in [2.75, 3.05) is 18.4 Å². The SMILES string of the molecule is CC(=O)c1cccc(S(=O)(=O)N2CCC(C(=O)Nc3ccnc4ccnn34)CC2)c1. The minimum atomic E-state index is -3.72. The van der Waals surface area contributed by atoms with Crippen molar-refractivity contribution in [3.63, 3.8) is 0 Å². The number of nitrogens with one attached hydrogen (secondary N) is 1. The summed E-state index contributed by atoms with van der Waals surface area (Å²) >= 11 is 0. The predicted octanol–water partition coefficient (Wildman–Crippen LogP) is 1.97. The monoisotopic (exact) mass is 427 g/mol. The molecule has 1 fully saturated rings. The number of nitrogens with zero attached hydrogens (tertiary/aromatic N) is 4. The molecule has 4 rings (SSSR count). The molecular weight excluding hydrogens is 406 g/mol. The lowest BCUT2D eigenvalue weighted by atomic mass is 9.97. The highest BCUT2D eigenvalue weighted by Crippen LogP contribution is 2.25. The molecule has 0 spiro atoms. The Morgan fingerprint density at radius 2 is 1.87 bits per heavy atom. The summed E-state index contributed by atoms with van der Waals surface area (Å²) in [6.45, 7) is 1.87. The van der Waals surface area contributed by atoms with Gasteiger partial charge >= 0.3 is 0 Å². The molecule has 10 heteroatoms. The number of amides is 1. The van der Waals surface area contributed by atoms with Crippen LogP contribution in [0.25, 0.3) is 5.65 Å². The van der Waals surface area contributed by atoms with Crippen LogP contribution in [-0.4, -0.2) is 52.1 Å². The first-order valence-electron chi connectivity index (χ1n) is 9.57. The van der Waals surface area contributed by atoms with Crippen LogP contribution in [-0.2, 0) is 14.8 Å². The summed E-state index contributed by atoms with van der Waals surface area (Å²) in [6.07, 6.45) is 4.01. The average molecular weight is 427 g/mol. The van der Waals surface area contributed by atoms with Crippen molar-refractivity contribution in [1.82, 2.24) is 18.9 Å². The standard InChI is InChI=1S/C20H21N5O4S/c1-14(26)16-3-2-4-17(13-16)30(28,29)24-11-7-15(8-12-24)20(27)23-19-5-9-21-18-6-10-22-25(18)19/h2-6,9-10,13,15H,7-8,11-12H2,1H3,(H,23,27). The molecule has 3 heterocycles. The van der Waals surface area contributed by atoms with Crippen LogP contribution in [0.1, 0.15) is 30.1 Å². The minimum absolute atomic E-state index is 0.0935. The molecule has 0 atom stereocenters.